The quantitative estimate of drug-likeness (QED) is 0.868. The fourth-order valence-corrected chi connectivity index (χ4v) is 2.47. The van der Waals surface area contributed by atoms with Crippen molar-refractivity contribution >= 4 is 11.6 Å². The van der Waals surface area contributed by atoms with Crippen LogP contribution in [0.15, 0.2) is 42.5 Å². The molecule has 0 aliphatic carbocycles. The van der Waals surface area contributed by atoms with Gasteiger partial charge in [-0.1, -0.05) is 42.8 Å². The molecule has 0 amide bonds. The van der Waals surface area contributed by atoms with Crippen LogP contribution in [0.5, 0.6) is 0 Å². The molecule has 0 saturated carbocycles. The Hall–Kier alpha value is -1.38. The molecular formula is C16H17ClFN. The van der Waals surface area contributed by atoms with Crippen LogP contribution in [0.4, 0.5) is 4.39 Å². The largest absolute Gasteiger partial charge is 0.306 e. The van der Waals surface area contributed by atoms with Crippen molar-refractivity contribution in [1.29, 1.82) is 0 Å². The molecule has 0 aliphatic rings. The smallest absolute Gasteiger partial charge is 0.123 e. The fourth-order valence-electron chi connectivity index (χ4n) is 2.22. The van der Waals surface area contributed by atoms with Gasteiger partial charge in [0.15, 0.2) is 0 Å². The first-order chi connectivity index (χ1) is 9.13. The van der Waals surface area contributed by atoms with E-state index in [2.05, 4.69) is 5.32 Å². The standard InChI is InChI=1S/C16H17ClFN/c1-3-19-16(13-6-4-5-7-15(13)17)14-10-12(18)9-8-11(14)2/h4-10,16,19H,3H2,1-2H3. The predicted molar refractivity (Wildman–Crippen MR) is 78.1 cm³/mol. The van der Waals surface area contributed by atoms with Crippen LogP contribution in [-0.4, -0.2) is 6.54 Å². The summed E-state index contributed by atoms with van der Waals surface area (Å²) in [7, 11) is 0. The molecule has 3 heteroatoms. The van der Waals surface area contributed by atoms with Gasteiger partial charge in [-0.25, -0.2) is 4.39 Å². The van der Waals surface area contributed by atoms with Crippen LogP contribution < -0.4 is 5.32 Å². The minimum atomic E-state index is -0.226. The van der Waals surface area contributed by atoms with Crippen molar-refractivity contribution < 1.29 is 4.39 Å². The van der Waals surface area contributed by atoms with Gasteiger partial charge in [-0.15, -0.1) is 0 Å². The minimum Gasteiger partial charge on any atom is -0.306 e. The number of aryl methyl sites for hydroxylation is 1. The Bertz CT molecular complexity index is 568. The average Bonchev–Trinajstić information content (AvgIpc) is 2.40. The summed E-state index contributed by atoms with van der Waals surface area (Å²) in [4.78, 5) is 0. The van der Waals surface area contributed by atoms with Gasteiger partial charge >= 0.3 is 0 Å². The lowest BCUT2D eigenvalue weighted by molar-refractivity contribution is 0.600. The van der Waals surface area contributed by atoms with Crippen LogP contribution in [0.25, 0.3) is 0 Å². The Balaban J connectivity index is 2.51. The Labute approximate surface area is 118 Å². The highest BCUT2D eigenvalue weighted by Crippen LogP contribution is 2.30. The van der Waals surface area contributed by atoms with E-state index in [0.29, 0.717) is 5.02 Å². The van der Waals surface area contributed by atoms with Crippen molar-refractivity contribution in [2.24, 2.45) is 0 Å². The minimum absolute atomic E-state index is 0.0885. The van der Waals surface area contributed by atoms with E-state index >= 15 is 0 Å². The fraction of sp³-hybridized carbons (Fsp3) is 0.250. The number of halogens is 2. The molecule has 1 atom stereocenters. The SMILES string of the molecule is CCNC(c1cc(F)ccc1C)c1ccccc1Cl. The van der Waals surface area contributed by atoms with Crippen molar-refractivity contribution in [3.8, 4) is 0 Å². The van der Waals surface area contributed by atoms with Gasteiger partial charge in [-0.05, 0) is 48.4 Å². The third-order valence-electron chi connectivity index (χ3n) is 3.18. The van der Waals surface area contributed by atoms with E-state index in [4.69, 9.17) is 11.6 Å². The molecule has 0 aromatic heterocycles. The molecule has 100 valence electrons. The molecule has 2 aromatic carbocycles. The van der Waals surface area contributed by atoms with Crippen LogP contribution in [-0.2, 0) is 0 Å². The van der Waals surface area contributed by atoms with Crippen LogP contribution in [0, 0.1) is 12.7 Å². The van der Waals surface area contributed by atoms with Crippen molar-refractivity contribution in [1.82, 2.24) is 5.32 Å². The second kappa shape index (κ2) is 6.18. The van der Waals surface area contributed by atoms with Crippen molar-refractivity contribution in [2.75, 3.05) is 6.54 Å². The lowest BCUT2D eigenvalue weighted by Crippen LogP contribution is -2.23. The normalized spacial score (nSPS) is 12.4. The number of hydrogen-bond acceptors (Lipinski definition) is 1. The lowest BCUT2D eigenvalue weighted by Gasteiger charge is -2.22. The first-order valence-corrected chi connectivity index (χ1v) is 6.75. The molecule has 0 bridgehead atoms. The third-order valence-corrected chi connectivity index (χ3v) is 3.52. The zero-order valence-electron chi connectivity index (χ0n) is 11.1. The van der Waals surface area contributed by atoms with E-state index in [1.807, 2.05) is 38.1 Å². The third kappa shape index (κ3) is 3.14. The molecule has 0 radical (unpaired) electrons. The molecule has 19 heavy (non-hydrogen) atoms. The Morgan fingerprint density at radius 1 is 1.16 bits per heavy atom. The predicted octanol–water partition coefficient (Wildman–Crippen LogP) is 4.49. The molecule has 0 saturated heterocycles. The summed E-state index contributed by atoms with van der Waals surface area (Å²) in [6, 6.07) is 12.4. The van der Waals surface area contributed by atoms with Crippen molar-refractivity contribution in [2.45, 2.75) is 19.9 Å². The van der Waals surface area contributed by atoms with E-state index in [1.165, 1.54) is 6.07 Å². The van der Waals surface area contributed by atoms with Crippen LogP contribution in [0.2, 0.25) is 5.02 Å². The Kier molecular flexibility index (Phi) is 4.56. The monoisotopic (exact) mass is 277 g/mol. The summed E-state index contributed by atoms with van der Waals surface area (Å²) in [6.07, 6.45) is 0. The number of rotatable bonds is 4. The molecule has 1 N–H and O–H groups in total. The summed E-state index contributed by atoms with van der Waals surface area (Å²) in [6.45, 7) is 4.79. The summed E-state index contributed by atoms with van der Waals surface area (Å²) < 4.78 is 13.5. The summed E-state index contributed by atoms with van der Waals surface area (Å²) in [5.41, 5.74) is 2.95. The highest BCUT2D eigenvalue weighted by molar-refractivity contribution is 6.31. The van der Waals surface area contributed by atoms with Gasteiger partial charge in [0, 0.05) is 5.02 Å². The zero-order chi connectivity index (χ0) is 13.8. The van der Waals surface area contributed by atoms with Crippen LogP contribution in [0.3, 0.4) is 0 Å². The van der Waals surface area contributed by atoms with E-state index in [1.54, 1.807) is 12.1 Å². The van der Waals surface area contributed by atoms with Crippen LogP contribution in [0.1, 0.15) is 29.7 Å². The molecule has 0 fully saturated rings. The molecule has 2 rings (SSSR count). The summed E-state index contributed by atoms with van der Waals surface area (Å²) >= 11 is 6.26. The average molecular weight is 278 g/mol. The molecule has 1 nitrogen and oxygen atoms in total. The van der Waals surface area contributed by atoms with E-state index in [9.17, 15) is 4.39 Å². The summed E-state index contributed by atoms with van der Waals surface area (Å²) in [5, 5.41) is 4.06. The first kappa shape index (κ1) is 14.0. The topological polar surface area (TPSA) is 12.0 Å². The molecule has 0 aliphatic heterocycles. The Morgan fingerprint density at radius 2 is 1.89 bits per heavy atom. The second-order valence-electron chi connectivity index (χ2n) is 4.51. The van der Waals surface area contributed by atoms with E-state index in [0.717, 1.165) is 23.2 Å². The molecule has 1 unspecified atom stereocenters. The molecule has 2 aromatic rings. The second-order valence-corrected chi connectivity index (χ2v) is 4.92. The Morgan fingerprint density at radius 3 is 2.58 bits per heavy atom. The van der Waals surface area contributed by atoms with Crippen molar-refractivity contribution in [3.05, 3.63) is 70.0 Å². The number of nitrogens with one attached hydrogen (secondary N) is 1. The number of hydrogen-bond donors (Lipinski definition) is 1. The van der Waals surface area contributed by atoms with Gasteiger partial charge in [0.25, 0.3) is 0 Å². The number of benzene rings is 2. The molecule has 0 heterocycles. The van der Waals surface area contributed by atoms with Gasteiger partial charge in [0.2, 0.25) is 0 Å². The van der Waals surface area contributed by atoms with Gasteiger partial charge in [0.05, 0.1) is 6.04 Å². The highest BCUT2D eigenvalue weighted by atomic mass is 35.5. The first-order valence-electron chi connectivity index (χ1n) is 6.37. The van der Waals surface area contributed by atoms with E-state index in [-0.39, 0.29) is 11.9 Å². The molecular weight excluding hydrogens is 261 g/mol. The molecule has 0 spiro atoms. The van der Waals surface area contributed by atoms with Gasteiger partial charge < -0.3 is 5.32 Å². The van der Waals surface area contributed by atoms with Crippen LogP contribution >= 0.6 is 11.6 Å². The summed E-state index contributed by atoms with van der Waals surface area (Å²) in [5.74, 6) is -0.226. The maximum Gasteiger partial charge on any atom is 0.123 e. The zero-order valence-corrected chi connectivity index (χ0v) is 11.8. The maximum absolute atomic E-state index is 13.5. The van der Waals surface area contributed by atoms with Crippen molar-refractivity contribution in [3.63, 3.8) is 0 Å². The lowest BCUT2D eigenvalue weighted by atomic mass is 9.94. The van der Waals surface area contributed by atoms with Gasteiger partial charge in [0.1, 0.15) is 5.82 Å². The maximum atomic E-state index is 13.5. The van der Waals surface area contributed by atoms with Gasteiger partial charge in [-0.3, -0.25) is 0 Å². The van der Waals surface area contributed by atoms with Gasteiger partial charge in [-0.2, -0.15) is 0 Å². The van der Waals surface area contributed by atoms with E-state index < -0.39 is 0 Å². The highest BCUT2D eigenvalue weighted by Gasteiger charge is 2.18.